The van der Waals surface area contributed by atoms with Gasteiger partial charge in [0.2, 0.25) is 17.4 Å². The molecule has 1 aliphatic heterocycles. The van der Waals surface area contributed by atoms with E-state index in [1.165, 1.54) is 24.3 Å². The van der Waals surface area contributed by atoms with Crippen LogP contribution in [0.3, 0.4) is 0 Å². The standard InChI is InChI=1S/C17H13ClFNO5S/c18-12-6-11(7-13(19)8-12)15-14(21)16(17(20)24-15)25-26(22,23)9-10-4-2-1-3-5-10/h1-8,15H,9,20H2/i9D2,15D. The van der Waals surface area contributed by atoms with Gasteiger partial charge >= 0.3 is 10.1 Å². The van der Waals surface area contributed by atoms with Crippen LogP contribution < -0.4 is 5.73 Å². The lowest BCUT2D eigenvalue weighted by molar-refractivity contribution is -0.123. The van der Waals surface area contributed by atoms with Gasteiger partial charge in [0.25, 0.3) is 0 Å². The number of hydrogen-bond acceptors (Lipinski definition) is 6. The molecule has 26 heavy (non-hydrogen) atoms. The van der Waals surface area contributed by atoms with Crippen LogP contribution in [-0.2, 0) is 29.5 Å². The summed E-state index contributed by atoms with van der Waals surface area (Å²) in [5.74, 6) is -4.17. The van der Waals surface area contributed by atoms with Gasteiger partial charge in [0.05, 0.1) is 4.11 Å². The van der Waals surface area contributed by atoms with E-state index in [0.29, 0.717) is 0 Å². The largest absolute Gasteiger partial charge is 0.460 e. The number of rotatable bonds is 5. The zero-order valence-electron chi connectivity index (χ0n) is 15.9. The van der Waals surface area contributed by atoms with Crippen LogP contribution >= 0.6 is 11.6 Å². The molecular formula is C17H13ClFNO5S. The molecular weight excluding hydrogens is 385 g/mol. The zero-order chi connectivity index (χ0) is 21.6. The Morgan fingerprint density at radius 3 is 2.65 bits per heavy atom. The van der Waals surface area contributed by atoms with Gasteiger partial charge in [-0.3, -0.25) is 4.79 Å². The van der Waals surface area contributed by atoms with Gasteiger partial charge in [-0.25, -0.2) is 4.39 Å². The highest BCUT2D eigenvalue weighted by Crippen LogP contribution is 2.34. The van der Waals surface area contributed by atoms with Crippen molar-refractivity contribution in [3.8, 4) is 0 Å². The maximum Gasteiger partial charge on any atom is 0.313 e. The minimum absolute atomic E-state index is 0.135. The van der Waals surface area contributed by atoms with Gasteiger partial charge in [0.15, 0.2) is 6.08 Å². The van der Waals surface area contributed by atoms with E-state index < -0.39 is 45.1 Å². The molecule has 0 bridgehead atoms. The highest BCUT2D eigenvalue weighted by Gasteiger charge is 2.39. The second-order valence-electron chi connectivity index (χ2n) is 5.12. The van der Waals surface area contributed by atoms with Gasteiger partial charge in [-0.2, -0.15) is 8.42 Å². The number of Topliss-reactive ketones (excluding diaryl/α,β-unsaturated/α-hetero) is 1. The summed E-state index contributed by atoms with van der Waals surface area (Å²) >= 11 is 5.73. The summed E-state index contributed by atoms with van der Waals surface area (Å²) in [6.45, 7) is 0. The monoisotopic (exact) mass is 400 g/mol. The first kappa shape index (κ1) is 14.6. The third-order valence-electron chi connectivity index (χ3n) is 3.18. The van der Waals surface area contributed by atoms with Crippen molar-refractivity contribution >= 4 is 27.5 Å². The van der Waals surface area contributed by atoms with Crippen LogP contribution in [-0.4, -0.2) is 14.2 Å². The van der Waals surface area contributed by atoms with E-state index in [2.05, 4.69) is 4.18 Å². The fourth-order valence-electron chi connectivity index (χ4n) is 2.15. The second kappa shape index (κ2) is 6.97. The Balaban J connectivity index is 1.96. The quantitative estimate of drug-likeness (QED) is 0.775. The molecule has 0 radical (unpaired) electrons. The van der Waals surface area contributed by atoms with Crippen molar-refractivity contribution in [1.82, 2.24) is 0 Å². The maximum absolute atomic E-state index is 13.6. The van der Waals surface area contributed by atoms with Gasteiger partial charge < -0.3 is 14.7 Å². The number of ether oxygens (including phenoxy) is 1. The molecule has 1 aliphatic rings. The molecule has 0 fully saturated rings. The molecule has 3 rings (SSSR count). The molecule has 9 heteroatoms. The van der Waals surface area contributed by atoms with Crippen LogP contribution in [0.1, 0.15) is 21.3 Å². The number of carbonyl (C=O) groups is 1. The molecule has 0 amide bonds. The Kier molecular flexibility index (Phi) is 3.91. The first-order chi connectivity index (χ1) is 13.4. The summed E-state index contributed by atoms with van der Waals surface area (Å²) in [6.07, 6.45) is -2.65. The molecule has 0 aromatic heterocycles. The number of benzene rings is 2. The summed E-state index contributed by atoms with van der Waals surface area (Å²) < 4.78 is 72.3. The Morgan fingerprint density at radius 1 is 1.31 bits per heavy atom. The van der Waals surface area contributed by atoms with Crippen molar-refractivity contribution in [3.63, 3.8) is 0 Å². The SMILES string of the molecule is [2H]C1(c2cc(F)cc(Cl)c2)OC(N)=C(OS(=O)(=O)C([2H])([2H])c2ccccc2)C1=O. The van der Waals surface area contributed by atoms with Gasteiger partial charge in [-0.15, -0.1) is 0 Å². The van der Waals surface area contributed by atoms with Crippen LogP contribution in [0.4, 0.5) is 4.39 Å². The molecule has 136 valence electrons. The van der Waals surface area contributed by atoms with E-state index in [-0.39, 0.29) is 16.1 Å². The normalized spacial score (nSPS) is 22.4. The molecule has 1 atom stereocenters. The Hall–Kier alpha value is -2.58. The summed E-state index contributed by atoms with van der Waals surface area (Å²) in [5.41, 5.74) is 1.88. The predicted molar refractivity (Wildman–Crippen MR) is 91.6 cm³/mol. The molecule has 2 aromatic carbocycles. The van der Waals surface area contributed by atoms with Crippen LogP contribution in [0.15, 0.2) is 60.2 Å². The molecule has 0 spiro atoms. The number of ketones is 1. The molecule has 1 heterocycles. The summed E-state index contributed by atoms with van der Waals surface area (Å²) in [6, 6.07) is 9.63. The van der Waals surface area contributed by atoms with E-state index in [1.807, 2.05) is 0 Å². The first-order valence-corrected chi connectivity index (χ1v) is 8.87. The van der Waals surface area contributed by atoms with Gasteiger partial charge in [-0.1, -0.05) is 41.9 Å². The summed E-state index contributed by atoms with van der Waals surface area (Å²) in [4.78, 5) is 12.7. The highest BCUT2D eigenvalue weighted by molar-refractivity contribution is 7.86. The van der Waals surface area contributed by atoms with Gasteiger partial charge in [-0.05, 0) is 23.8 Å². The summed E-state index contributed by atoms with van der Waals surface area (Å²) in [5, 5.41) is -0.135. The Bertz CT molecular complexity index is 1110. The van der Waals surface area contributed by atoms with E-state index >= 15 is 0 Å². The van der Waals surface area contributed by atoms with Crippen molar-refractivity contribution in [2.24, 2.45) is 5.73 Å². The predicted octanol–water partition coefficient (Wildman–Crippen LogP) is 2.79. The van der Waals surface area contributed by atoms with Gasteiger partial charge in [0.1, 0.15) is 11.5 Å². The van der Waals surface area contributed by atoms with Crippen molar-refractivity contribution < 1.29 is 30.6 Å². The van der Waals surface area contributed by atoms with Crippen molar-refractivity contribution in [1.29, 1.82) is 0 Å². The van der Waals surface area contributed by atoms with Gasteiger partial charge in [0, 0.05) is 10.6 Å². The zero-order valence-corrected chi connectivity index (χ0v) is 14.5. The van der Waals surface area contributed by atoms with Crippen molar-refractivity contribution in [3.05, 3.63) is 82.1 Å². The van der Waals surface area contributed by atoms with E-state index in [4.69, 9.17) is 26.2 Å². The van der Waals surface area contributed by atoms with Crippen molar-refractivity contribution in [2.75, 3.05) is 0 Å². The number of halogens is 2. The van der Waals surface area contributed by atoms with Crippen LogP contribution in [0, 0.1) is 5.82 Å². The molecule has 0 saturated heterocycles. The number of nitrogens with two attached hydrogens (primary N) is 1. The van der Waals surface area contributed by atoms with E-state index in [1.54, 1.807) is 6.07 Å². The fourth-order valence-corrected chi connectivity index (χ4v) is 3.22. The first-order valence-electron chi connectivity index (χ1n) is 8.58. The highest BCUT2D eigenvalue weighted by atomic mass is 35.5. The molecule has 0 saturated carbocycles. The maximum atomic E-state index is 13.6. The van der Waals surface area contributed by atoms with Crippen LogP contribution in [0.2, 0.25) is 5.02 Å². The smallest absolute Gasteiger partial charge is 0.313 e. The molecule has 2 N–H and O–H groups in total. The Morgan fingerprint density at radius 2 is 2.00 bits per heavy atom. The Labute approximate surface area is 158 Å². The van der Waals surface area contributed by atoms with Crippen molar-refractivity contribution in [2.45, 2.75) is 11.8 Å². The van der Waals surface area contributed by atoms with E-state index in [0.717, 1.165) is 18.2 Å². The van der Waals surface area contributed by atoms with Crippen LogP contribution in [0.25, 0.3) is 0 Å². The number of hydrogen-bond donors (Lipinski definition) is 1. The minimum atomic E-state index is -5.10. The second-order valence-corrected chi connectivity index (χ2v) is 6.83. The summed E-state index contributed by atoms with van der Waals surface area (Å²) in [7, 11) is -5.10. The van der Waals surface area contributed by atoms with E-state index in [9.17, 15) is 17.6 Å². The van der Waals surface area contributed by atoms with Crippen LogP contribution in [0.5, 0.6) is 0 Å². The molecule has 2 aromatic rings. The average Bonchev–Trinajstić information content (AvgIpc) is 2.85. The average molecular weight is 401 g/mol. The third kappa shape index (κ3) is 3.97. The lowest BCUT2D eigenvalue weighted by Crippen LogP contribution is -2.16. The molecule has 1 unspecified atom stereocenters. The molecule has 0 aliphatic carbocycles. The lowest BCUT2D eigenvalue weighted by Gasteiger charge is -2.10. The lowest BCUT2D eigenvalue weighted by atomic mass is 10.1. The topological polar surface area (TPSA) is 95.7 Å². The fraction of sp³-hybridized carbons (Fsp3) is 0.118. The number of carbonyl (C=O) groups excluding carboxylic acids is 1. The third-order valence-corrected chi connectivity index (χ3v) is 4.27. The minimum Gasteiger partial charge on any atom is -0.460 e. The molecule has 6 nitrogen and oxygen atoms in total.